The maximum Gasteiger partial charge on any atom is 0.238 e. The van der Waals surface area contributed by atoms with Crippen molar-refractivity contribution in [3.05, 3.63) is 23.2 Å². The van der Waals surface area contributed by atoms with Crippen LogP contribution in [0.3, 0.4) is 0 Å². The lowest BCUT2D eigenvalue weighted by molar-refractivity contribution is -0.115. The number of benzene rings is 1. The van der Waals surface area contributed by atoms with Gasteiger partial charge in [0.25, 0.3) is 0 Å². The van der Waals surface area contributed by atoms with Crippen LogP contribution < -0.4 is 10.6 Å². The Kier molecular flexibility index (Phi) is 4.96. The Hall–Kier alpha value is -1.17. The molecule has 3 rings (SSSR count). The topological polar surface area (TPSA) is 54.0 Å². The third-order valence-corrected chi connectivity index (χ3v) is 4.13. The Balaban J connectivity index is 0.00000147. The summed E-state index contributed by atoms with van der Waals surface area (Å²) in [4.78, 5) is 16.2. The Labute approximate surface area is 128 Å². The number of thiazole rings is 1. The number of hydrogen-bond acceptors (Lipinski definition) is 4. The number of nitrogens with one attached hydrogen (secondary N) is 2. The first-order valence-electron chi connectivity index (χ1n) is 6.58. The Morgan fingerprint density at radius 2 is 2.25 bits per heavy atom. The van der Waals surface area contributed by atoms with Crippen LogP contribution >= 0.6 is 23.7 Å². The average Bonchev–Trinajstić information content (AvgIpc) is 3.09. The predicted octanol–water partition coefficient (Wildman–Crippen LogP) is 2.96. The largest absolute Gasteiger partial charge is 0.325 e. The molecule has 20 heavy (non-hydrogen) atoms. The molecule has 1 aromatic carbocycles. The first kappa shape index (κ1) is 15.2. The first-order chi connectivity index (χ1) is 9.20. The highest BCUT2D eigenvalue weighted by molar-refractivity contribution is 7.18. The molecule has 1 amide bonds. The molecule has 1 aliphatic rings. The van der Waals surface area contributed by atoms with Crippen LogP contribution in [0, 0.1) is 12.8 Å². The number of carbonyl (C=O) groups is 1. The zero-order valence-corrected chi connectivity index (χ0v) is 12.9. The zero-order valence-electron chi connectivity index (χ0n) is 11.3. The summed E-state index contributed by atoms with van der Waals surface area (Å²) >= 11 is 1.65. The van der Waals surface area contributed by atoms with E-state index in [4.69, 9.17) is 0 Å². The van der Waals surface area contributed by atoms with Crippen LogP contribution in [0.4, 0.5) is 5.69 Å². The van der Waals surface area contributed by atoms with Crippen LogP contribution in [-0.4, -0.2) is 24.0 Å². The van der Waals surface area contributed by atoms with Gasteiger partial charge in [-0.3, -0.25) is 4.79 Å². The molecular weight excluding hydrogens is 294 g/mol. The van der Waals surface area contributed by atoms with Gasteiger partial charge in [-0.05, 0) is 50.4 Å². The molecule has 0 saturated heterocycles. The molecule has 108 valence electrons. The molecule has 1 aromatic heterocycles. The van der Waals surface area contributed by atoms with E-state index in [1.807, 2.05) is 25.1 Å². The molecular formula is C14H18ClN3OS. The molecule has 1 aliphatic carbocycles. The lowest BCUT2D eigenvalue weighted by Gasteiger charge is -2.06. The number of anilines is 1. The van der Waals surface area contributed by atoms with E-state index in [9.17, 15) is 4.79 Å². The fourth-order valence-corrected chi connectivity index (χ4v) is 2.90. The second kappa shape index (κ2) is 6.52. The lowest BCUT2D eigenvalue weighted by Crippen LogP contribution is -2.29. The predicted molar refractivity (Wildman–Crippen MR) is 85.8 cm³/mol. The lowest BCUT2D eigenvalue weighted by atomic mass is 10.3. The van der Waals surface area contributed by atoms with Gasteiger partial charge in [0, 0.05) is 5.69 Å². The Morgan fingerprint density at radius 1 is 1.45 bits per heavy atom. The van der Waals surface area contributed by atoms with Crippen molar-refractivity contribution in [1.82, 2.24) is 10.3 Å². The summed E-state index contributed by atoms with van der Waals surface area (Å²) in [6, 6.07) is 5.84. The summed E-state index contributed by atoms with van der Waals surface area (Å²) in [6.45, 7) is 3.33. The quantitative estimate of drug-likeness (QED) is 0.892. The van der Waals surface area contributed by atoms with Crippen molar-refractivity contribution in [2.45, 2.75) is 19.8 Å². The molecule has 0 atom stereocenters. The third-order valence-electron chi connectivity index (χ3n) is 3.19. The van der Waals surface area contributed by atoms with Crippen molar-refractivity contribution in [2.24, 2.45) is 5.92 Å². The highest BCUT2D eigenvalue weighted by Gasteiger charge is 2.20. The number of aromatic nitrogens is 1. The Bertz CT molecular complexity index is 609. The monoisotopic (exact) mass is 311 g/mol. The van der Waals surface area contributed by atoms with Gasteiger partial charge in [0.05, 0.1) is 21.8 Å². The molecule has 0 radical (unpaired) electrons. The number of fused-ring (bicyclic) bond motifs is 1. The third kappa shape index (κ3) is 3.91. The van der Waals surface area contributed by atoms with Crippen LogP contribution in [0.25, 0.3) is 10.2 Å². The van der Waals surface area contributed by atoms with Crippen molar-refractivity contribution in [3.8, 4) is 0 Å². The van der Waals surface area contributed by atoms with Gasteiger partial charge < -0.3 is 10.6 Å². The second-order valence-corrected chi connectivity index (χ2v) is 6.27. The molecule has 1 saturated carbocycles. The fourth-order valence-electron chi connectivity index (χ4n) is 2.03. The molecule has 2 aromatic rings. The summed E-state index contributed by atoms with van der Waals surface area (Å²) in [5.74, 6) is 0.811. The van der Waals surface area contributed by atoms with Crippen LogP contribution in [-0.2, 0) is 4.79 Å². The van der Waals surface area contributed by atoms with Gasteiger partial charge in [-0.15, -0.1) is 23.7 Å². The molecule has 4 nitrogen and oxygen atoms in total. The van der Waals surface area contributed by atoms with Crippen molar-refractivity contribution in [3.63, 3.8) is 0 Å². The molecule has 0 unspecified atom stereocenters. The van der Waals surface area contributed by atoms with Gasteiger partial charge in [0.2, 0.25) is 5.91 Å². The van der Waals surface area contributed by atoms with Gasteiger partial charge in [0.1, 0.15) is 0 Å². The van der Waals surface area contributed by atoms with Gasteiger partial charge in [-0.1, -0.05) is 0 Å². The van der Waals surface area contributed by atoms with E-state index < -0.39 is 0 Å². The minimum absolute atomic E-state index is 0. The normalized spacial score (nSPS) is 14.1. The maximum absolute atomic E-state index is 11.8. The number of halogens is 1. The van der Waals surface area contributed by atoms with Gasteiger partial charge in [0.15, 0.2) is 0 Å². The van der Waals surface area contributed by atoms with E-state index in [0.717, 1.165) is 33.4 Å². The fraction of sp³-hybridized carbons (Fsp3) is 0.429. The summed E-state index contributed by atoms with van der Waals surface area (Å²) < 4.78 is 1.11. The number of aryl methyl sites for hydroxylation is 1. The van der Waals surface area contributed by atoms with E-state index >= 15 is 0 Å². The smallest absolute Gasteiger partial charge is 0.238 e. The summed E-state index contributed by atoms with van der Waals surface area (Å²) in [5.41, 5.74) is 1.83. The van der Waals surface area contributed by atoms with Crippen molar-refractivity contribution in [1.29, 1.82) is 0 Å². The van der Waals surface area contributed by atoms with E-state index in [-0.39, 0.29) is 18.3 Å². The van der Waals surface area contributed by atoms with Gasteiger partial charge in [-0.2, -0.15) is 0 Å². The number of nitrogens with zero attached hydrogens (tertiary/aromatic N) is 1. The molecule has 0 spiro atoms. The molecule has 1 fully saturated rings. The van der Waals surface area contributed by atoms with Crippen LogP contribution in [0.1, 0.15) is 17.8 Å². The molecule has 1 heterocycles. The summed E-state index contributed by atoms with van der Waals surface area (Å²) in [5, 5.41) is 7.15. The van der Waals surface area contributed by atoms with Gasteiger partial charge in [-0.25, -0.2) is 4.98 Å². The van der Waals surface area contributed by atoms with E-state index in [1.54, 1.807) is 11.3 Å². The number of rotatable bonds is 5. The first-order valence-corrected chi connectivity index (χ1v) is 7.40. The number of hydrogen-bond donors (Lipinski definition) is 2. The summed E-state index contributed by atoms with van der Waals surface area (Å²) in [6.07, 6.45) is 2.60. The maximum atomic E-state index is 11.8. The van der Waals surface area contributed by atoms with E-state index in [1.165, 1.54) is 12.8 Å². The van der Waals surface area contributed by atoms with Crippen molar-refractivity contribution in [2.75, 3.05) is 18.4 Å². The van der Waals surface area contributed by atoms with Gasteiger partial charge >= 0.3 is 0 Å². The Morgan fingerprint density at radius 3 is 3.00 bits per heavy atom. The average molecular weight is 312 g/mol. The molecule has 0 aliphatic heterocycles. The standard InChI is InChI=1S/C14H17N3OS.ClH/c1-9-16-12-5-4-11(6-13(12)19-9)17-14(18)8-15-7-10-2-3-10;/h4-6,10,15H,2-3,7-8H2,1H3,(H,17,18);1H. The zero-order chi connectivity index (χ0) is 13.2. The van der Waals surface area contributed by atoms with Crippen LogP contribution in [0.5, 0.6) is 0 Å². The molecule has 0 bridgehead atoms. The SMILES string of the molecule is Cc1nc2ccc(NC(=O)CNCC3CC3)cc2s1.Cl. The minimum atomic E-state index is 0. The van der Waals surface area contributed by atoms with Crippen molar-refractivity contribution >= 4 is 45.6 Å². The van der Waals surface area contributed by atoms with Crippen molar-refractivity contribution < 1.29 is 4.79 Å². The number of carbonyl (C=O) groups excluding carboxylic acids is 1. The molecule has 2 N–H and O–H groups in total. The molecule has 6 heteroatoms. The minimum Gasteiger partial charge on any atom is -0.325 e. The van der Waals surface area contributed by atoms with E-state index in [2.05, 4.69) is 15.6 Å². The summed E-state index contributed by atoms with van der Waals surface area (Å²) in [7, 11) is 0. The second-order valence-electron chi connectivity index (χ2n) is 5.04. The van der Waals surface area contributed by atoms with E-state index in [0.29, 0.717) is 6.54 Å². The van der Waals surface area contributed by atoms with Crippen LogP contribution in [0.15, 0.2) is 18.2 Å². The number of amides is 1. The highest BCUT2D eigenvalue weighted by atomic mass is 35.5. The highest BCUT2D eigenvalue weighted by Crippen LogP contribution is 2.27. The van der Waals surface area contributed by atoms with Crippen LogP contribution in [0.2, 0.25) is 0 Å².